The monoisotopic (exact) mass is 131 g/mol. The summed E-state index contributed by atoms with van der Waals surface area (Å²) in [6, 6.07) is 0. The third-order valence-electron chi connectivity index (χ3n) is 0.994. The van der Waals surface area contributed by atoms with E-state index < -0.39 is 5.54 Å². The number of carbonyl (C=O) groups excluding carboxylic acids is 1. The van der Waals surface area contributed by atoms with Crippen LogP contribution in [0.5, 0.6) is 0 Å². The molecular formula is C6H13NO2. The summed E-state index contributed by atoms with van der Waals surface area (Å²) in [6.07, 6.45) is 0.351. The lowest BCUT2D eigenvalue weighted by molar-refractivity contribution is -0.119. The van der Waals surface area contributed by atoms with E-state index in [9.17, 15) is 4.79 Å². The highest BCUT2D eigenvalue weighted by atomic mass is 16.5. The van der Waals surface area contributed by atoms with Gasteiger partial charge in [-0.2, -0.15) is 5.48 Å². The second-order valence-electron chi connectivity index (χ2n) is 2.87. The van der Waals surface area contributed by atoms with Gasteiger partial charge >= 0.3 is 0 Å². The maximum Gasteiger partial charge on any atom is 0.131 e. The highest BCUT2D eigenvalue weighted by molar-refractivity contribution is 5.76. The summed E-state index contributed by atoms with van der Waals surface area (Å²) in [5.74, 6) is 0.0709. The fraction of sp³-hybridized carbons (Fsp3) is 0.833. The van der Waals surface area contributed by atoms with Gasteiger partial charge < -0.3 is 5.21 Å². The van der Waals surface area contributed by atoms with Crippen molar-refractivity contribution in [2.75, 3.05) is 0 Å². The molecule has 0 saturated heterocycles. The second-order valence-corrected chi connectivity index (χ2v) is 2.87. The molecule has 2 N–H and O–H groups in total. The molecule has 0 aromatic rings. The molecule has 0 aromatic heterocycles. The van der Waals surface area contributed by atoms with E-state index in [0.29, 0.717) is 6.42 Å². The van der Waals surface area contributed by atoms with Crippen molar-refractivity contribution < 1.29 is 10.0 Å². The molecule has 9 heavy (non-hydrogen) atoms. The van der Waals surface area contributed by atoms with Crippen LogP contribution >= 0.6 is 0 Å². The van der Waals surface area contributed by atoms with Crippen molar-refractivity contribution in [3.05, 3.63) is 0 Å². The van der Waals surface area contributed by atoms with Crippen LogP contribution in [0.2, 0.25) is 0 Å². The van der Waals surface area contributed by atoms with Crippen LogP contribution in [0.4, 0.5) is 0 Å². The average molecular weight is 131 g/mol. The first-order valence-electron chi connectivity index (χ1n) is 2.88. The Morgan fingerprint density at radius 3 is 2.22 bits per heavy atom. The number of carbonyl (C=O) groups is 1. The summed E-state index contributed by atoms with van der Waals surface area (Å²) < 4.78 is 0. The van der Waals surface area contributed by atoms with Gasteiger partial charge in [-0.3, -0.25) is 4.79 Å². The zero-order chi connectivity index (χ0) is 7.49. The molecule has 0 spiro atoms. The molecule has 0 radical (unpaired) electrons. The first kappa shape index (κ1) is 8.59. The molecule has 0 saturated carbocycles. The Kier molecular flexibility index (Phi) is 2.81. The molecule has 0 aliphatic rings. The van der Waals surface area contributed by atoms with E-state index in [1.165, 1.54) is 6.92 Å². The van der Waals surface area contributed by atoms with Crippen molar-refractivity contribution in [2.24, 2.45) is 0 Å². The van der Waals surface area contributed by atoms with Crippen molar-refractivity contribution in [2.45, 2.75) is 32.7 Å². The smallest absolute Gasteiger partial charge is 0.131 e. The number of hydrogen-bond donors (Lipinski definition) is 2. The average Bonchev–Trinajstić information content (AvgIpc) is 1.63. The molecule has 3 heteroatoms. The maximum atomic E-state index is 10.5. The molecule has 0 atom stereocenters. The normalized spacial score (nSPS) is 11.6. The minimum atomic E-state index is -0.480. The summed E-state index contributed by atoms with van der Waals surface area (Å²) >= 11 is 0. The SMILES string of the molecule is CC(=O)CC(C)(C)NO. The molecule has 0 aliphatic carbocycles. The Labute approximate surface area is 55.0 Å². The van der Waals surface area contributed by atoms with Gasteiger partial charge in [-0.1, -0.05) is 0 Å². The van der Waals surface area contributed by atoms with Gasteiger partial charge in [-0.05, 0) is 20.8 Å². The largest absolute Gasteiger partial charge is 0.316 e. The summed E-state index contributed by atoms with van der Waals surface area (Å²) in [4.78, 5) is 10.5. The lowest BCUT2D eigenvalue weighted by Crippen LogP contribution is -2.38. The third kappa shape index (κ3) is 4.12. The maximum absolute atomic E-state index is 10.5. The van der Waals surface area contributed by atoms with Crippen molar-refractivity contribution >= 4 is 5.78 Å². The van der Waals surface area contributed by atoms with Crippen molar-refractivity contribution in [3.8, 4) is 0 Å². The van der Waals surface area contributed by atoms with Gasteiger partial charge in [0, 0.05) is 12.0 Å². The van der Waals surface area contributed by atoms with Gasteiger partial charge in [-0.25, -0.2) is 0 Å². The predicted octanol–water partition coefficient (Wildman–Crippen LogP) is 0.723. The van der Waals surface area contributed by atoms with Crippen LogP contribution in [0.3, 0.4) is 0 Å². The van der Waals surface area contributed by atoms with Gasteiger partial charge in [0.15, 0.2) is 0 Å². The summed E-state index contributed by atoms with van der Waals surface area (Å²) in [5, 5.41) is 8.44. The van der Waals surface area contributed by atoms with Crippen LogP contribution in [-0.4, -0.2) is 16.5 Å². The molecular weight excluding hydrogens is 118 g/mol. The Bertz CT molecular complexity index is 110. The number of Topliss-reactive ketones (excluding diaryl/α,β-unsaturated/α-hetero) is 1. The van der Waals surface area contributed by atoms with E-state index in [-0.39, 0.29) is 5.78 Å². The van der Waals surface area contributed by atoms with E-state index in [1.807, 2.05) is 0 Å². The lowest BCUT2D eigenvalue weighted by atomic mass is 10.00. The molecule has 0 aromatic carbocycles. The molecule has 0 unspecified atom stereocenters. The van der Waals surface area contributed by atoms with Gasteiger partial charge in [0.25, 0.3) is 0 Å². The molecule has 3 nitrogen and oxygen atoms in total. The first-order chi connectivity index (χ1) is 3.98. The van der Waals surface area contributed by atoms with Gasteiger partial charge in [0.2, 0.25) is 0 Å². The number of rotatable bonds is 3. The highest BCUT2D eigenvalue weighted by Gasteiger charge is 2.17. The van der Waals surface area contributed by atoms with Crippen molar-refractivity contribution in [3.63, 3.8) is 0 Å². The summed E-state index contributed by atoms with van der Waals surface area (Å²) in [6.45, 7) is 5.02. The van der Waals surface area contributed by atoms with Crippen LogP contribution in [-0.2, 0) is 4.79 Å². The molecule has 0 aliphatic heterocycles. The number of ketones is 1. The quantitative estimate of drug-likeness (QED) is 0.555. The van der Waals surface area contributed by atoms with E-state index in [1.54, 1.807) is 13.8 Å². The Balaban J connectivity index is 3.71. The zero-order valence-corrected chi connectivity index (χ0v) is 6.06. The number of hydrogen-bond acceptors (Lipinski definition) is 3. The van der Waals surface area contributed by atoms with Crippen molar-refractivity contribution in [1.29, 1.82) is 0 Å². The topological polar surface area (TPSA) is 49.3 Å². The molecule has 54 valence electrons. The lowest BCUT2D eigenvalue weighted by Gasteiger charge is -2.19. The van der Waals surface area contributed by atoms with Gasteiger partial charge in [-0.15, -0.1) is 0 Å². The van der Waals surface area contributed by atoms with E-state index in [4.69, 9.17) is 5.21 Å². The number of nitrogens with one attached hydrogen (secondary N) is 1. The Hall–Kier alpha value is -0.410. The minimum Gasteiger partial charge on any atom is -0.316 e. The van der Waals surface area contributed by atoms with Crippen LogP contribution in [0, 0.1) is 0 Å². The van der Waals surface area contributed by atoms with Crippen LogP contribution in [0.25, 0.3) is 0 Å². The van der Waals surface area contributed by atoms with Crippen LogP contribution in [0.15, 0.2) is 0 Å². The fourth-order valence-electron chi connectivity index (χ4n) is 0.662. The van der Waals surface area contributed by atoms with Gasteiger partial charge in [0.05, 0.1) is 0 Å². The molecule has 0 amide bonds. The van der Waals surface area contributed by atoms with E-state index in [2.05, 4.69) is 5.48 Å². The molecule has 0 fully saturated rings. The molecule has 0 rings (SSSR count). The van der Waals surface area contributed by atoms with E-state index >= 15 is 0 Å². The van der Waals surface area contributed by atoms with Crippen molar-refractivity contribution in [1.82, 2.24) is 5.48 Å². The fourth-order valence-corrected chi connectivity index (χ4v) is 0.662. The second kappa shape index (κ2) is 2.94. The zero-order valence-electron chi connectivity index (χ0n) is 6.06. The predicted molar refractivity (Wildman–Crippen MR) is 34.3 cm³/mol. The Morgan fingerprint density at radius 2 is 2.11 bits per heavy atom. The molecule has 0 heterocycles. The first-order valence-corrected chi connectivity index (χ1v) is 2.88. The minimum absolute atomic E-state index is 0.0709. The standard InChI is InChI=1S/C6H13NO2/c1-5(8)4-6(2,3)7-9/h7,9H,4H2,1-3H3. The van der Waals surface area contributed by atoms with Crippen LogP contribution in [0.1, 0.15) is 27.2 Å². The molecule has 0 bridgehead atoms. The van der Waals surface area contributed by atoms with Gasteiger partial charge in [0.1, 0.15) is 5.78 Å². The number of hydroxylamine groups is 1. The third-order valence-corrected chi connectivity index (χ3v) is 0.994. The summed E-state index contributed by atoms with van der Waals surface area (Å²) in [7, 11) is 0. The van der Waals surface area contributed by atoms with Crippen LogP contribution < -0.4 is 5.48 Å². The van der Waals surface area contributed by atoms with E-state index in [0.717, 1.165) is 0 Å². The summed E-state index contributed by atoms with van der Waals surface area (Å²) in [5.41, 5.74) is 1.57. The highest BCUT2D eigenvalue weighted by Crippen LogP contribution is 2.06. The Morgan fingerprint density at radius 1 is 1.67 bits per heavy atom.